The van der Waals surface area contributed by atoms with Crippen molar-refractivity contribution in [3.8, 4) is 0 Å². The number of carbonyl (C=O) groups excluding carboxylic acids is 1. The second-order valence-electron chi connectivity index (χ2n) is 5.20. The number of nitrogens with one attached hydrogen (secondary N) is 1. The number of amides is 1. The third kappa shape index (κ3) is 3.82. The van der Waals surface area contributed by atoms with Gasteiger partial charge in [0.1, 0.15) is 0 Å². The second kappa shape index (κ2) is 6.34. The van der Waals surface area contributed by atoms with E-state index in [0.29, 0.717) is 24.4 Å². The minimum Gasteiger partial charge on any atom is -0.340 e. The van der Waals surface area contributed by atoms with Crippen LogP contribution in [0.2, 0.25) is 0 Å². The fourth-order valence-electron chi connectivity index (χ4n) is 2.56. The number of nitrogens with zero attached hydrogens (tertiary/aromatic N) is 1. The highest BCUT2D eigenvalue weighted by molar-refractivity contribution is 7.09. The normalized spacial score (nSPS) is 24.2. The number of piperazine rings is 1. The van der Waals surface area contributed by atoms with Crippen LogP contribution in [0, 0.1) is 0 Å². The smallest absolute Gasteiger partial charge is 0.222 e. The van der Waals surface area contributed by atoms with E-state index in [0.717, 1.165) is 25.9 Å². The SMILES string of the molecule is C[C@@H]1CN(C(=O)CCCc2cccs2)C[C@@H](C)N1. The van der Waals surface area contributed by atoms with Crippen LogP contribution >= 0.6 is 11.3 Å². The Morgan fingerprint density at radius 2 is 2.17 bits per heavy atom. The first-order chi connectivity index (χ1) is 8.65. The van der Waals surface area contributed by atoms with Crippen LogP contribution in [-0.4, -0.2) is 36.0 Å². The largest absolute Gasteiger partial charge is 0.340 e. The number of hydrogen-bond acceptors (Lipinski definition) is 3. The van der Waals surface area contributed by atoms with E-state index in [1.807, 2.05) is 4.90 Å². The highest BCUT2D eigenvalue weighted by Crippen LogP contribution is 2.13. The summed E-state index contributed by atoms with van der Waals surface area (Å²) in [5.41, 5.74) is 0. The van der Waals surface area contributed by atoms with E-state index in [-0.39, 0.29) is 0 Å². The molecule has 1 aliphatic heterocycles. The van der Waals surface area contributed by atoms with Crippen molar-refractivity contribution in [1.82, 2.24) is 10.2 Å². The lowest BCUT2D eigenvalue weighted by molar-refractivity contribution is -0.133. The number of hydrogen-bond donors (Lipinski definition) is 1. The Hall–Kier alpha value is -0.870. The maximum absolute atomic E-state index is 12.1. The molecule has 2 heterocycles. The van der Waals surface area contributed by atoms with Crippen LogP contribution in [0.3, 0.4) is 0 Å². The van der Waals surface area contributed by atoms with Crippen LogP contribution in [-0.2, 0) is 11.2 Å². The van der Waals surface area contributed by atoms with Gasteiger partial charge in [-0.1, -0.05) is 6.07 Å². The summed E-state index contributed by atoms with van der Waals surface area (Å²) in [4.78, 5) is 15.5. The molecule has 0 saturated carbocycles. The highest BCUT2D eigenvalue weighted by atomic mass is 32.1. The zero-order valence-electron chi connectivity index (χ0n) is 11.2. The topological polar surface area (TPSA) is 32.3 Å². The van der Waals surface area contributed by atoms with Crippen molar-refractivity contribution in [3.63, 3.8) is 0 Å². The lowest BCUT2D eigenvalue weighted by atomic mass is 10.1. The standard InChI is InChI=1S/C14H22N2OS/c1-11-9-16(10-12(2)15-11)14(17)7-3-5-13-6-4-8-18-13/h4,6,8,11-12,15H,3,5,7,9-10H2,1-2H3/t11-,12-/m1/s1. The Morgan fingerprint density at radius 3 is 2.78 bits per heavy atom. The molecule has 0 bridgehead atoms. The molecule has 1 aromatic heterocycles. The third-order valence-electron chi connectivity index (χ3n) is 3.30. The molecule has 100 valence electrons. The van der Waals surface area contributed by atoms with Crippen LogP contribution in [0.5, 0.6) is 0 Å². The summed E-state index contributed by atoms with van der Waals surface area (Å²) in [5.74, 6) is 0.312. The van der Waals surface area contributed by atoms with E-state index >= 15 is 0 Å². The fraction of sp³-hybridized carbons (Fsp3) is 0.643. The average molecular weight is 266 g/mol. The summed E-state index contributed by atoms with van der Waals surface area (Å²) in [5, 5.41) is 5.54. The van der Waals surface area contributed by atoms with E-state index in [2.05, 4.69) is 36.7 Å². The minimum absolute atomic E-state index is 0.312. The predicted molar refractivity (Wildman–Crippen MR) is 75.9 cm³/mol. The molecule has 1 fully saturated rings. The Bertz CT molecular complexity index is 367. The van der Waals surface area contributed by atoms with Crippen LogP contribution in [0.1, 0.15) is 31.6 Å². The second-order valence-corrected chi connectivity index (χ2v) is 6.23. The van der Waals surface area contributed by atoms with Crippen molar-refractivity contribution >= 4 is 17.2 Å². The van der Waals surface area contributed by atoms with Gasteiger partial charge in [-0.25, -0.2) is 0 Å². The van der Waals surface area contributed by atoms with Crippen molar-refractivity contribution in [2.24, 2.45) is 0 Å². The van der Waals surface area contributed by atoms with Crippen LogP contribution in [0.25, 0.3) is 0 Å². The molecule has 1 aromatic rings. The van der Waals surface area contributed by atoms with Crippen LogP contribution < -0.4 is 5.32 Å². The molecule has 3 nitrogen and oxygen atoms in total. The van der Waals surface area contributed by atoms with Crippen molar-refractivity contribution in [2.75, 3.05) is 13.1 Å². The van der Waals surface area contributed by atoms with Crippen molar-refractivity contribution < 1.29 is 4.79 Å². The van der Waals surface area contributed by atoms with E-state index in [9.17, 15) is 4.79 Å². The molecule has 0 aromatic carbocycles. The van der Waals surface area contributed by atoms with Gasteiger partial charge in [-0.3, -0.25) is 4.79 Å². The lowest BCUT2D eigenvalue weighted by Gasteiger charge is -2.36. The quantitative estimate of drug-likeness (QED) is 0.907. The monoisotopic (exact) mass is 266 g/mol. The van der Waals surface area contributed by atoms with Crippen molar-refractivity contribution in [3.05, 3.63) is 22.4 Å². The molecule has 1 N–H and O–H groups in total. The molecule has 18 heavy (non-hydrogen) atoms. The Morgan fingerprint density at radius 1 is 1.44 bits per heavy atom. The molecule has 0 unspecified atom stereocenters. The Kier molecular flexibility index (Phi) is 4.78. The van der Waals surface area contributed by atoms with Gasteiger partial charge in [0.2, 0.25) is 5.91 Å². The average Bonchev–Trinajstić information content (AvgIpc) is 2.80. The molecule has 0 radical (unpaired) electrons. The number of thiophene rings is 1. The summed E-state index contributed by atoms with van der Waals surface area (Å²) < 4.78 is 0. The molecule has 0 spiro atoms. The lowest BCUT2D eigenvalue weighted by Crippen LogP contribution is -2.55. The first-order valence-electron chi connectivity index (χ1n) is 6.71. The molecule has 0 aliphatic carbocycles. The van der Waals surface area contributed by atoms with Gasteiger partial charge < -0.3 is 10.2 Å². The highest BCUT2D eigenvalue weighted by Gasteiger charge is 2.24. The fourth-order valence-corrected chi connectivity index (χ4v) is 3.31. The number of aryl methyl sites for hydroxylation is 1. The van der Waals surface area contributed by atoms with Gasteiger partial charge in [0.05, 0.1) is 0 Å². The summed E-state index contributed by atoms with van der Waals surface area (Å²) in [7, 11) is 0. The molecule has 2 rings (SSSR count). The summed E-state index contributed by atoms with van der Waals surface area (Å²) in [6, 6.07) is 5.04. The van der Waals surface area contributed by atoms with Gasteiger partial charge in [0.15, 0.2) is 0 Å². The molecule has 1 amide bonds. The molecule has 2 atom stereocenters. The molecule has 1 aliphatic rings. The Labute approximate surface area is 113 Å². The molecule has 4 heteroatoms. The first-order valence-corrected chi connectivity index (χ1v) is 7.59. The van der Waals surface area contributed by atoms with Crippen LogP contribution in [0.15, 0.2) is 17.5 Å². The Balaban J connectivity index is 1.74. The maximum Gasteiger partial charge on any atom is 0.222 e. The van der Waals surface area contributed by atoms with Gasteiger partial charge in [-0.2, -0.15) is 0 Å². The van der Waals surface area contributed by atoms with Gasteiger partial charge in [0.25, 0.3) is 0 Å². The van der Waals surface area contributed by atoms with Crippen molar-refractivity contribution in [2.45, 2.75) is 45.2 Å². The van der Waals surface area contributed by atoms with Gasteiger partial charge in [-0.15, -0.1) is 11.3 Å². The van der Waals surface area contributed by atoms with E-state index < -0.39 is 0 Å². The minimum atomic E-state index is 0.312. The van der Waals surface area contributed by atoms with Gasteiger partial charge in [0, 0.05) is 36.5 Å². The molecular weight excluding hydrogens is 244 g/mol. The number of rotatable bonds is 4. The number of carbonyl (C=O) groups is 1. The summed E-state index contributed by atoms with van der Waals surface area (Å²) in [6.45, 7) is 5.98. The van der Waals surface area contributed by atoms with Gasteiger partial charge in [-0.05, 0) is 38.1 Å². The zero-order valence-corrected chi connectivity index (χ0v) is 12.0. The van der Waals surface area contributed by atoms with E-state index in [1.165, 1.54) is 4.88 Å². The van der Waals surface area contributed by atoms with E-state index in [4.69, 9.17) is 0 Å². The predicted octanol–water partition coefficient (Wildman–Crippen LogP) is 2.28. The van der Waals surface area contributed by atoms with Crippen LogP contribution in [0.4, 0.5) is 0 Å². The van der Waals surface area contributed by atoms with E-state index in [1.54, 1.807) is 11.3 Å². The molecule has 1 saturated heterocycles. The summed E-state index contributed by atoms with van der Waals surface area (Å²) in [6.07, 6.45) is 2.67. The first kappa shape index (κ1) is 13.6. The van der Waals surface area contributed by atoms with Crippen molar-refractivity contribution in [1.29, 1.82) is 0 Å². The zero-order chi connectivity index (χ0) is 13.0. The molecular formula is C14H22N2OS. The van der Waals surface area contributed by atoms with Gasteiger partial charge >= 0.3 is 0 Å². The third-order valence-corrected chi connectivity index (χ3v) is 4.24. The summed E-state index contributed by atoms with van der Waals surface area (Å²) >= 11 is 1.78. The maximum atomic E-state index is 12.1.